The Morgan fingerprint density at radius 1 is 1.12 bits per heavy atom. The van der Waals surface area contributed by atoms with Crippen molar-refractivity contribution in [2.75, 3.05) is 38.2 Å². The van der Waals surface area contributed by atoms with Crippen LogP contribution in [-0.2, 0) is 14.8 Å². The number of nitrogens with one attached hydrogen (secondary N) is 2. The molecular formula is C21H22ClN5O5S2. The third-order valence-corrected chi connectivity index (χ3v) is 8.33. The van der Waals surface area contributed by atoms with Crippen LogP contribution in [0.4, 0.5) is 9.93 Å². The molecule has 0 saturated carbocycles. The van der Waals surface area contributed by atoms with E-state index in [0.717, 1.165) is 4.70 Å². The van der Waals surface area contributed by atoms with Gasteiger partial charge in [0.05, 0.1) is 21.2 Å². The van der Waals surface area contributed by atoms with Gasteiger partial charge in [-0.05, 0) is 43.3 Å². The molecule has 2 heterocycles. The van der Waals surface area contributed by atoms with Crippen molar-refractivity contribution in [2.24, 2.45) is 0 Å². The van der Waals surface area contributed by atoms with Crippen molar-refractivity contribution >= 4 is 60.3 Å². The van der Waals surface area contributed by atoms with Crippen LogP contribution in [0.2, 0.25) is 5.02 Å². The monoisotopic (exact) mass is 523 g/mol. The van der Waals surface area contributed by atoms with Crippen molar-refractivity contribution in [3.05, 3.63) is 53.1 Å². The molecule has 0 atom stereocenters. The van der Waals surface area contributed by atoms with Crippen LogP contribution in [0.3, 0.4) is 0 Å². The molecule has 34 heavy (non-hydrogen) atoms. The second-order valence-corrected chi connectivity index (χ2v) is 10.7. The van der Waals surface area contributed by atoms with Crippen molar-refractivity contribution in [3.8, 4) is 0 Å². The van der Waals surface area contributed by atoms with Gasteiger partial charge in [-0.2, -0.15) is 4.31 Å². The molecule has 0 unspecified atom stereocenters. The van der Waals surface area contributed by atoms with E-state index in [1.807, 2.05) is 12.1 Å². The molecule has 1 aliphatic heterocycles. The average molecular weight is 524 g/mol. The van der Waals surface area contributed by atoms with E-state index in [9.17, 15) is 18.0 Å². The second kappa shape index (κ2) is 10.1. The van der Waals surface area contributed by atoms with Crippen molar-refractivity contribution in [1.29, 1.82) is 0 Å². The van der Waals surface area contributed by atoms with Crippen molar-refractivity contribution in [3.63, 3.8) is 0 Å². The lowest BCUT2D eigenvalue weighted by atomic mass is 10.2. The van der Waals surface area contributed by atoms with E-state index in [-0.39, 0.29) is 43.2 Å². The normalized spacial score (nSPS) is 14.7. The maximum absolute atomic E-state index is 13.0. The molecule has 180 valence electrons. The molecular weight excluding hydrogens is 502 g/mol. The van der Waals surface area contributed by atoms with Gasteiger partial charge < -0.3 is 9.64 Å². The number of hydrazine groups is 1. The molecule has 2 amide bonds. The highest BCUT2D eigenvalue weighted by Crippen LogP contribution is 2.30. The number of aromatic nitrogens is 1. The summed E-state index contributed by atoms with van der Waals surface area (Å²) in [5.41, 5.74) is 6.23. The lowest BCUT2D eigenvalue weighted by Crippen LogP contribution is -2.50. The minimum Gasteiger partial charge on any atom is -0.450 e. The molecule has 4 rings (SSSR count). The standard InChI is InChI=1S/C21H22ClN5O5S2/c1-2-32-21(29)26-10-12-27(13-11-26)34(30,31)15-8-6-14(7-9-15)19(28)24-25-20-23-18-16(22)4-3-5-17(18)33-20/h3-9H,2,10-13H2,1H3,(H,23,25)(H,24,28). The van der Waals surface area contributed by atoms with E-state index in [1.165, 1.54) is 44.8 Å². The summed E-state index contributed by atoms with van der Waals surface area (Å²) in [6, 6.07) is 11.1. The number of anilines is 1. The van der Waals surface area contributed by atoms with Gasteiger partial charge in [-0.3, -0.25) is 15.6 Å². The van der Waals surface area contributed by atoms with Gasteiger partial charge in [0.1, 0.15) is 5.52 Å². The first-order valence-corrected chi connectivity index (χ1v) is 13.1. The van der Waals surface area contributed by atoms with Gasteiger partial charge >= 0.3 is 6.09 Å². The smallest absolute Gasteiger partial charge is 0.409 e. The van der Waals surface area contributed by atoms with E-state index < -0.39 is 22.0 Å². The summed E-state index contributed by atoms with van der Waals surface area (Å²) in [6.45, 7) is 2.82. The van der Waals surface area contributed by atoms with Gasteiger partial charge in [-0.15, -0.1) is 0 Å². The number of rotatable bonds is 6. The number of thiazole rings is 1. The first-order valence-electron chi connectivity index (χ1n) is 10.4. The fraction of sp³-hybridized carbons (Fsp3) is 0.286. The topological polar surface area (TPSA) is 121 Å². The molecule has 1 fully saturated rings. The van der Waals surface area contributed by atoms with E-state index in [1.54, 1.807) is 13.0 Å². The minimum atomic E-state index is -3.75. The van der Waals surface area contributed by atoms with E-state index in [4.69, 9.17) is 16.3 Å². The summed E-state index contributed by atoms with van der Waals surface area (Å²) >= 11 is 7.46. The van der Waals surface area contributed by atoms with Crippen LogP contribution in [0, 0.1) is 0 Å². The summed E-state index contributed by atoms with van der Waals surface area (Å²) in [7, 11) is -3.75. The molecule has 0 spiro atoms. The Balaban J connectivity index is 1.36. The number of nitrogens with zero attached hydrogens (tertiary/aromatic N) is 3. The Morgan fingerprint density at radius 2 is 1.82 bits per heavy atom. The maximum Gasteiger partial charge on any atom is 0.409 e. The van der Waals surface area contributed by atoms with Crippen LogP contribution >= 0.6 is 22.9 Å². The third-order valence-electron chi connectivity index (χ3n) is 5.17. The number of carbonyl (C=O) groups is 2. The Morgan fingerprint density at radius 3 is 2.47 bits per heavy atom. The van der Waals surface area contributed by atoms with E-state index >= 15 is 0 Å². The van der Waals surface area contributed by atoms with Crippen LogP contribution in [0.1, 0.15) is 17.3 Å². The van der Waals surface area contributed by atoms with Crippen LogP contribution in [-0.4, -0.2) is 67.4 Å². The lowest BCUT2D eigenvalue weighted by molar-refractivity contribution is 0.0933. The van der Waals surface area contributed by atoms with Crippen molar-refractivity contribution in [2.45, 2.75) is 11.8 Å². The van der Waals surface area contributed by atoms with Gasteiger partial charge in [0.15, 0.2) is 0 Å². The number of benzene rings is 2. The Kier molecular flexibility index (Phi) is 7.22. The number of ether oxygens (including phenoxy) is 1. The molecule has 13 heteroatoms. The van der Waals surface area contributed by atoms with Crippen LogP contribution in [0.5, 0.6) is 0 Å². The van der Waals surface area contributed by atoms with Crippen LogP contribution < -0.4 is 10.9 Å². The molecule has 0 radical (unpaired) electrons. The predicted octanol–water partition coefficient (Wildman–Crippen LogP) is 3.17. The fourth-order valence-electron chi connectivity index (χ4n) is 3.40. The summed E-state index contributed by atoms with van der Waals surface area (Å²) < 4.78 is 33.1. The molecule has 3 aromatic rings. The Bertz CT molecular complexity index is 1300. The van der Waals surface area contributed by atoms with Crippen molar-refractivity contribution < 1.29 is 22.7 Å². The van der Waals surface area contributed by atoms with Gasteiger partial charge in [-0.25, -0.2) is 18.2 Å². The number of sulfonamides is 1. The zero-order chi connectivity index (χ0) is 24.3. The van der Waals surface area contributed by atoms with Gasteiger partial charge in [0.25, 0.3) is 5.91 Å². The largest absolute Gasteiger partial charge is 0.450 e. The minimum absolute atomic E-state index is 0.0717. The molecule has 1 aliphatic rings. The van der Waals surface area contributed by atoms with Crippen LogP contribution in [0.15, 0.2) is 47.4 Å². The maximum atomic E-state index is 13.0. The summed E-state index contributed by atoms with van der Waals surface area (Å²) in [5, 5.41) is 0.991. The average Bonchev–Trinajstić information content (AvgIpc) is 3.27. The number of fused-ring (bicyclic) bond motifs is 1. The van der Waals surface area contributed by atoms with Gasteiger partial charge in [-0.1, -0.05) is 29.0 Å². The van der Waals surface area contributed by atoms with E-state index in [0.29, 0.717) is 15.7 Å². The Hall–Kier alpha value is -2.93. The quantitative estimate of drug-likeness (QED) is 0.476. The molecule has 0 aliphatic carbocycles. The summed E-state index contributed by atoms with van der Waals surface area (Å²) in [6.07, 6.45) is -0.447. The summed E-state index contributed by atoms with van der Waals surface area (Å²) in [5.74, 6) is -0.447. The first kappa shape index (κ1) is 24.2. The molecule has 1 saturated heterocycles. The molecule has 2 aromatic carbocycles. The third kappa shape index (κ3) is 5.09. The predicted molar refractivity (Wildman–Crippen MR) is 130 cm³/mol. The van der Waals surface area contributed by atoms with Gasteiger partial charge in [0.2, 0.25) is 15.2 Å². The highest BCUT2D eigenvalue weighted by molar-refractivity contribution is 7.89. The number of para-hydroxylation sites is 1. The van der Waals surface area contributed by atoms with Crippen LogP contribution in [0.25, 0.3) is 10.2 Å². The fourth-order valence-corrected chi connectivity index (χ4v) is 5.95. The number of carbonyl (C=O) groups excluding carboxylic acids is 2. The highest BCUT2D eigenvalue weighted by atomic mass is 35.5. The molecule has 1 aromatic heterocycles. The summed E-state index contributed by atoms with van der Waals surface area (Å²) in [4.78, 5) is 30.2. The zero-order valence-corrected chi connectivity index (χ0v) is 20.5. The SMILES string of the molecule is CCOC(=O)N1CCN(S(=O)(=O)c2ccc(C(=O)NNc3nc4c(Cl)cccc4s3)cc2)CC1. The number of hydrogen-bond acceptors (Lipinski definition) is 8. The number of halogens is 1. The second-order valence-electron chi connectivity index (χ2n) is 7.30. The van der Waals surface area contributed by atoms with Gasteiger partial charge in [0, 0.05) is 31.7 Å². The Labute approximate surface area is 205 Å². The van der Waals surface area contributed by atoms with Crippen molar-refractivity contribution in [1.82, 2.24) is 19.6 Å². The number of amides is 2. The number of piperazine rings is 1. The molecule has 10 nitrogen and oxygen atoms in total. The highest BCUT2D eigenvalue weighted by Gasteiger charge is 2.30. The lowest BCUT2D eigenvalue weighted by Gasteiger charge is -2.33. The molecule has 0 bridgehead atoms. The zero-order valence-electron chi connectivity index (χ0n) is 18.2. The number of hydrogen-bond donors (Lipinski definition) is 2. The molecule has 2 N–H and O–H groups in total. The van der Waals surface area contributed by atoms with E-state index in [2.05, 4.69) is 15.8 Å². The first-order chi connectivity index (χ1) is 16.3.